The van der Waals surface area contributed by atoms with Crippen molar-refractivity contribution < 1.29 is 13.2 Å². The highest BCUT2D eigenvalue weighted by molar-refractivity contribution is 7.89. The third-order valence-electron chi connectivity index (χ3n) is 2.13. The minimum absolute atomic E-state index is 0.0194. The molecular formula is C10H14ClNO3S. The van der Waals surface area contributed by atoms with E-state index in [4.69, 9.17) is 21.5 Å². The van der Waals surface area contributed by atoms with Crippen LogP contribution in [0.15, 0.2) is 23.1 Å². The minimum atomic E-state index is -3.72. The summed E-state index contributed by atoms with van der Waals surface area (Å²) in [5, 5.41) is 5.22. The van der Waals surface area contributed by atoms with Gasteiger partial charge in [0.2, 0.25) is 10.0 Å². The Bertz CT molecular complexity index is 473. The summed E-state index contributed by atoms with van der Waals surface area (Å²) >= 11 is 5.89. The van der Waals surface area contributed by atoms with Crippen LogP contribution >= 0.6 is 11.6 Å². The van der Waals surface area contributed by atoms with E-state index in [0.29, 0.717) is 5.75 Å². The molecule has 1 atom stereocenters. The lowest BCUT2D eigenvalue weighted by Crippen LogP contribution is -2.13. The van der Waals surface area contributed by atoms with Gasteiger partial charge >= 0.3 is 0 Å². The van der Waals surface area contributed by atoms with Gasteiger partial charge in [-0.25, -0.2) is 13.6 Å². The Balaban J connectivity index is 3.01. The molecule has 16 heavy (non-hydrogen) atoms. The van der Waals surface area contributed by atoms with Crippen molar-refractivity contribution in [3.05, 3.63) is 23.2 Å². The molecule has 0 bridgehead atoms. The standard InChI is InChI=1S/C10H14ClNO3S/c1-3-7(2)15-10-5-4-8(6-9(10)11)16(12,13)14/h4-7H,3H2,1-2H3,(H2,12,13,14). The maximum Gasteiger partial charge on any atom is 0.238 e. The zero-order chi connectivity index (χ0) is 12.3. The van der Waals surface area contributed by atoms with Crippen LogP contribution in [0.1, 0.15) is 20.3 Å². The lowest BCUT2D eigenvalue weighted by atomic mass is 10.3. The number of hydrogen-bond acceptors (Lipinski definition) is 3. The van der Waals surface area contributed by atoms with Crippen molar-refractivity contribution in [2.45, 2.75) is 31.3 Å². The second-order valence-corrected chi connectivity index (χ2v) is 5.44. The molecule has 1 aromatic rings. The molecule has 1 aromatic carbocycles. The van der Waals surface area contributed by atoms with E-state index >= 15 is 0 Å². The van der Waals surface area contributed by atoms with Crippen LogP contribution in [0, 0.1) is 0 Å². The first-order valence-electron chi connectivity index (χ1n) is 4.83. The molecule has 0 aliphatic rings. The van der Waals surface area contributed by atoms with E-state index in [1.54, 1.807) is 0 Å². The van der Waals surface area contributed by atoms with Crippen LogP contribution in [-0.2, 0) is 10.0 Å². The van der Waals surface area contributed by atoms with Gasteiger partial charge in [-0.2, -0.15) is 0 Å². The average Bonchev–Trinajstić information content (AvgIpc) is 2.19. The van der Waals surface area contributed by atoms with E-state index in [-0.39, 0.29) is 16.0 Å². The highest BCUT2D eigenvalue weighted by Gasteiger charge is 2.12. The van der Waals surface area contributed by atoms with Gasteiger partial charge in [0, 0.05) is 0 Å². The maximum absolute atomic E-state index is 11.1. The van der Waals surface area contributed by atoms with Crippen molar-refractivity contribution in [2.75, 3.05) is 0 Å². The van der Waals surface area contributed by atoms with Crippen molar-refractivity contribution in [1.29, 1.82) is 0 Å². The number of primary sulfonamides is 1. The van der Waals surface area contributed by atoms with Crippen LogP contribution in [0.3, 0.4) is 0 Å². The van der Waals surface area contributed by atoms with Gasteiger partial charge in [0.15, 0.2) is 0 Å². The Labute approximate surface area is 100 Å². The van der Waals surface area contributed by atoms with Crippen LogP contribution in [0.25, 0.3) is 0 Å². The second-order valence-electron chi connectivity index (χ2n) is 3.47. The summed E-state index contributed by atoms with van der Waals surface area (Å²) in [4.78, 5) is -0.0194. The fourth-order valence-corrected chi connectivity index (χ4v) is 1.88. The van der Waals surface area contributed by atoms with Gasteiger partial charge in [-0.05, 0) is 31.5 Å². The number of rotatable bonds is 4. The second kappa shape index (κ2) is 5.03. The number of benzene rings is 1. The fourth-order valence-electron chi connectivity index (χ4n) is 1.05. The van der Waals surface area contributed by atoms with Crippen LogP contribution in [0.4, 0.5) is 0 Å². The summed E-state index contributed by atoms with van der Waals surface area (Å²) in [6.45, 7) is 3.89. The molecule has 4 nitrogen and oxygen atoms in total. The highest BCUT2D eigenvalue weighted by atomic mass is 35.5. The Morgan fingerprint density at radius 3 is 2.56 bits per heavy atom. The third kappa shape index (κ3) is 3.37. The number of hydrogen-bond donors (Lipinski definition) is 1. The van der Waals surface area contributed by atoms with Gasteiger partial charge in [-0.1, -0.05) is 18.5 Å². The molecule has 0 aromatic heterocycles. The molecule has 0 amide bonds. The monoisotopic (exact) mass is 263 g/mol. The largest absolute Gasteiger partial charge is 0.489 e. The number of sulfonamides is 1. The molecule has 0 saturated carbocycles. The first-order chi connectivity index (χ1) is 7.34. The zero-order valence-electron chi connectivity index (χ0n) is 9.10. The topological polar surface area (TPSA) is 69.4 Å². The van der Waals surface area contributed by atoms with Gasteiger partial charge in [0.05, 0.1) is 16.0 Å². The molecule has 0 fully saturated rings. The first-order valence-corrected chi connectivity index (χ1v) is 6.76. The van der Waals surface area contributed by atoms with Crippen molar-refractivity contribution in [3.63, 3.8) is 0 Å². The van der Waals surface area contributed by atoms with Gasteiger partial charge in [0.1, 0.15) is 5.75 Å². The summed E-state index contributed by atoms with van der Waals surface area (Å²) in [5.74, 6) is 0.461. The molecule has 2 N–H and O–H groups in total. The van der Waals surface area contributed by atoms with E-state index in [1.807, 2.05) is 13.8 Å². The molecule has 0 aliphatic carbocycles. The molecule has 0 heterocycles. The highest BCUT2D eigenvalue weighted by Crippen LogP contribution is 2.28. The predicted octanol–water partition coefficient (Wildman–Crippen LogP) is 2.16. The summed E-state index contributed by atoms with van der Waals surface area (Å²) in [5.41, 5.74) is 0. The van der Waals surface area contributed by atoms with Crippen LogP contribution < -0.4 is 9.88 Å². The van der Waals surface area contributed by atoms with Gasteiger partial charge in [-0.15, -0.1) is 0 Å². The van der Waals surface area contributed by atoms with Crippen LogP contribution in [0.2, 0.25) is 5.02 Å². The molecule has 1 rings (SSSR count). The Morgan fingerprint density at radius 1 is 1.50 bits per heavy atom. The van der Waals surface area contributed by atoms with Gasteiger partial charge in [-0.3, -0.25) is 0 Å². The van der Waals surface area contributed by atoms with E-state index in [1.165, 1.54) is 18.2 Å². The SMILES string of the molecule is CCC(C)Oc1ccc(S(N)(=O)=O)cc1Cl. The smallest absolute Gasteiger partial charge is 0.238 e. The van der Waals surface area contributed by atoms with Crippen molar-refractivity contribution in [2.24, 2.45) is 5.14 Å². The van der Waals surface area contributed by atoms with Crippen LogP contribution in [-0.4, -0.2) is 14.5 Å². The summed E-state index contributed by atoms with van der Waals surface area (Å²) < 4.78 is 27.6. The Hall–Kier alpha value is -0.780. The van der Waals surface area contributed by atoms with Gasteiger partial charge in [0.25, 0.3) is 0 Å². The van der Waals surface area contributed by atoms with E-state index in [2.05, 4.69) is 0 Å². The molecule has 0 aliphatic heterocycles. The molecule has 0 saturated heterocycles. The first kappa shape index (κ1) is 13.3. The normalized spacial score (nSPS) is 13.5. The Morgan fingerprint density at radius 2 is 2.12 bits per heavy atom. The summed E-state index contributed by atoms with van der Waals surface area (Å²) in [6, 6.07) is 4.17. The molecule has 0 spiro atoms. The fraction of sp³-hybridized carbons (Fsp3) is 0.400. The summed E-state index contributed by atoms with van der Waals surface area (Å²) in [6.07, 6.45) is 0.866. The lowest BCUT2D eigenvalue weighted by molar-refractivity contribution is 0.217. The Kier molecular flexibility index (Phi) is 4.18. The van der Waals surface area contributed by atoms with Crippen molar-refractivity contribution in [3.8, 4) is 5.75 Å². The molecule has 0 radical (unpaired) electrons. The molecule has 90 valence electrons. The van der Waals surface area contributed by atoms with Crippen molar-refractivity contribution in [1.82, 2.24) is 0 Å². The number of ether oxygens (including phenoxy) is 1. The lowest BCUT2D eigenvalue weighted by Gasteiger charge is -2.14. The molecule has 1 unspecified atom stereocenters. The van der Waals surface area contributed by atoms with E-state index < -0.39 is 10.0 Å². The minimum Gasteiger partial charge on any atom is -0.489 e. The van der Waals surface area contributed by atoms with E-state index in [0.717, 1.165) is 6.42 Å². The molecular weight excluding hydrogens is 250 g/mol. The van der Waals surface area contributed by atoms with Gasteiger partial charge < -0.3 is 4.74 Å². The quantitative estimate of drug-likeness (QED) is 0.905. The maximum atomic E-state index is 11.1. The van der Waals surface area contributed by atoms with Crippen molar-refractivity contribution >= 4 is 21.6 Å². The predicted molar refractivity (Wildman–Crippen MR) is 63.2 cm³/mol. The third-order valence-corrected chi connectivity index (χ3v) is 3.34. The molecule has 6 heteroatoms. The number of nitrogens with two attached hydrogens (primary N) is 1. The van der Waals surface area contributed by atoms with E-state index in [9.17, 15) is 8.42 Å². The number of halogens is 1. The zero-order valence-corrected chi connectivity index (χ0v) is 10.7. The van der Waals surface area contributed by atoms with Crippen LogP contribution in [0.5, 0.6) is 5.75 Å². The average molecular weight is 264 g/mol. The summed E-state index contributed by atoms with van der Waals surface area (Å²) in [7, 11) is -3.72.